The third-order valence-corrected chi connectivity index (χ3v) is 5.39. The van der Waals surface area contributed by atoms with Crippen molar-refractivity contribution in [3.8, 4) is 0 Å². The number of thiocarbonyl (C=S) groups is 1. The highest BCUT2D eigenvalue weighted by molar-refractivity contribution is 9.10. The molecule has 0 aliphatic carbocycles. The molecule has 0 atom stereocenters. The fourth-order valence-electron chi connectivity index (χ4n) is 1.86. The number of nitrogens with one attached hydrogen (secondary N) is 2. The van der Waals surface area contributed by atoms with E-state index in [0.29, 0.717) is 11.3 Å². The Morgan fingerprint density at radius 2 is 1.75 bits per heavy atom. The van der Waals surface area contributed by atoms with Crippen LogP contribution in [0.4, 0.5) is 5.69 Å². The smallest absolute Gasteiger partial charge is 0.257 e. The van der Waals surface area contributed by atoms with Crippen LogP contribution in [0.5, 0.6) is 0 Å². The Balaban J connectivity index is 2.02. The number of halogens is 1. The summed E-state index contributed by atoms with van der Waals surface area (Å²) in [4.78, 5) is 12.4. The van der Waals surface area contributed by atoms with Gasteiger partial charge in [-0.1, -0.05) is 22.0 Å². The lowest BCUT2D eigenvalue weighted by Crippen LogP contribution is -2.34. The van der Waals surface area contributed by atoms with Crippen LogP contribution < -0.4 is 10.6 Å². The third kappa shape index (κ3) is 4.86. The summed E-state index contributed by atoms with van der Waals surface area (Å²) >= 11 is 8.48. The minimum atomic E-state index is -3.25. The number of benzene rings is 2. The van der Waals surface area contributed by atoms with Crippen LogP contribution in [-0.4, -0.2) is 25.7 Å². The van der Waals surface area contributed by atoms with E-state index in [0.717, 1.165) is 16.3 Å². The van der Waals surface area contributed by atoms with Crippen molar-refractivity contribution in [1.82, 2.24) is 5.32 Å². The van der Waals surface area contributed by atoms with Crippen LogP contribution in [-0.2, 0) is 9.84 Å². The zero-order chi connectivity index (χ0) is 17.9. The van der Waals surface area contributed by atoms with Gasteiger partial charge in [0.15, 0.2) is 14.9 Å². The number of rotatable bonds is 3. The second-order valence-electron chi connectivity index (χ2n) is 5.17. The molecule has 126 valence electrons. The van der Waals surface area contributed by atoms with Crippen molar-refractivity contribution in [2.24, 2.45) is 0 Å². The predicted molar refractivity (Wildman–Crippen MR) is 102 cm³/mol. The van der Waals surface area contributed by atoms with Gasteiger partial charge in [-0.25, -0.2) is 8.42 Å². The average molecular weight is 427 g/mol. The van der Waals surface area contributed by atoms with Gasteiger partial charge in [0, 0.05) is 22.0 Å². The van der Waals surface area contributed by atoms with E-state index in [1.807, 2.05) is 13.0 Å². The van der Waals surface area contributed by atoms with Crippen LogP contribution in [0.2, 0.25) is 0 Å². The first-order chi connectivity index (χ1) is 11.2. The Hall–Kier alpha value is -1.77. The Bertz CT molecular complexity index is 894. The summed E-state index contributed by atoms with van der Waals surface area (Å²) in [5, 5.41) is 5.55. The monoisotopic (exact) mass is 426 g/mol. The lowest BCUT2D eigenvalue weighted by molar-refractivity contribution is 0.0977. The maximum Gasteiger partial charge on any atom is 0.257 e. The van der Waals surface area contributed by atoms with Crippen LogP contribution in [0.15, 0.2) is 51.8 Å². The Morgan fingerprint density at radius 1 is 1.12 bits per heavy atom. The van der Waals surface area contributed by atoms with Gasteiger partial charge in [-0.15, -0.1) is 0 Å². The minimum absolute atomic E-state index is 0.129. The Labute approximate surface area is 154 Å². The number of hydrogen-bond donors (Lipinski definition) is 2. The van der Waals surface area contributed by atoms with Crippen molar-refractivity contribution in [3.05, 3.63) is 58.1 Å². The molecule has 0 saturated carbocycles. The highest BCUT2D eigenvalue weighted by atomic mass is 79.9. The molecular formula is C16H15BrN2O3S2. The molecule has 2 rings (SSSR count). The molecule has 0 fully saturated rings. The van der Waals surface area contributed by atoms with Gasteiger partial charge in [-0.3, -0.25) is 10.1 Å². The minimum Gasteiger partial charge on any atom is -0.332 e. The average Bonchev–Trinajstić information content (AvgIpc) is 2.49. The van der Waals surface area contributed by atoms with Crippen molar-refractivity contribution in [3.63, 3.8) is 0 Å². The summed E-state index contributed by atoms with van der Waals surface area (Å²) in [6.45, 7) is 1.93. The first-order valence-corrected chi connectivity index (χ1v) is 9.94. The summed E-state index contributed by atoms with van der Waals surface area (Å²) in [6.07, 6.45) is 1.14. The topological polar surface area (TPSA) is 75.3 Å². The lowest BCUT2D eigenvalue weighted by atomic mass is 10.1. The highest BCUT2D eigenvalue weighted by Gasteiger charge is 2.10. The van der Waals surface area contributed by atoms with Crippen LogP contribution in [0, 0.1) is 6.92 Å². The van der Waals surface area contributed by atoms with Gasteiger partial charge in [-0.2, -0.15) is 0 Å². The number of aryl methyl sites for hydroxylation is 1. The van der Waals surface area contributed by atoms with Crippen molar-refractivity contribution in [2.45, 2.75) is 11.8 Å². The second-order valence-corrected chi connectivity index (χ2v) is 8.45. The van der Waals surface area contributed by atoms with Crippen molar-refractivity contribution in [2.75, 3.05) is 11.6 Å². The van der Waals surface area contributed by atoms with Crippen LogP contribution >= 0.6 is 28.1 Å². The molecule has 0 spiro atoms. The predicted octanol–water partition coefficient (Wildman–Crippen LogP) is 3.29. The highest BCUT2D eigenvalue weighted by Crippen LogP contribution is 2.17. The molecule has 0 bridgehead atoms. The largest absolute Gasteiger partial charge is 0.332 e. The van der Waals surface area contributed by atoms with Gasteiger partial charge in [0.2, 0.25) is 0 Å². The van der Waals surface area contributed by atoms with E-state index in [1.165, 1.54) is 12.1 Å². The van der Waals surface area contributed by atoms with E-state index < -0.39 is 9.84 Å². The van der Waals surface area contributed by atoms with E-state index in [4.69, 9.17) is 12.2 Å². The van der Waals surface area contributed by atoms with E-state index in [9.17, 15) is 13.2 Å². The molecule has 0 radical (unpaired) electrons. The molecule has 0 unspecified atom stereocenters. The summed E-state index contributed by atoms with van der Waals surface area (Å²) in [5.41, 5.74) is 2.08. The molecule has 1 amide bonds. The van der Waals surface area contributed by atoms with Gasteiger partial charge in [0.05, 0.1) is 4.90 Å². The van der Waals surface area contributed by atoms with Gasteiger partial charge in [0.25, 0.3) is 5.91 Å². The zero-order valence-electron chi connectivity index (χ0n) is 13.0. The van der Waals surface area contributed by atoms with Gasteiger partial charge < -0.3 is 5.32 Å². The van der Waals surface area contributed by atoms with Crippen LogP contribution in [0.3, 0.4) is 0 Å². The fraction of sp³-hybridized carbons (Fsp3) is 0.125. The lowest BCUT2D eigenvalue weighted by Gasteiger charge is -2.10. The molecule has 8 heteroatoms. The van der Waals surface area contributed by atoms with E-state index in [-0.39, 0.29) is 15.9 Å². The van der Waals surface area contributed by atoms with Crippen molar-refractivity contribution < 1.29 is 13.2 Å². The van der Waals surface area contributed by atoms with Gasteiger partial charge >= 0.3 is 0 Å². The van der Waals surface area contributed by atoms with Crippen LogP contribution in [0.1, 0.15) is 15.9 Å². The molecule has 0 aliphatic rings. The number of hydrogen-bond acceptors (Lipinski definition) is 4. The number of carbonyl (C=O) groups excluding carboxylic acids is 1. The molecule has 0 aromatic heterocycles. The molecule has 0 saturated heterocycles. The first kappa shape index (κ1) is 18.6. The maximum absolute atomic E-state index is 12.2. The third-order valence-electron chi connectivity index (χ3n) is 3.20. The molecule has 0 heterocycles. The molecule has 2 aromatic rings. The molecular weight excluding hydrogens is 412 g/mol. The normalized spacial score (nSPS) is 11.0. The standard InChI is InChI=1S/C16H15BrN2O3S2/c1-10-3-4-11(9-14(10)17)15(20)19-16(23)18-12-5-7-13(8-6-12)24(2,21)22/h3-9H,1-2H3,(H2,18,19,20,23). The van der Waals surface area contributed by atoms with Crippen molar-refractivity contribution in [1.29, 1.82) is 0 Å². The number of carbonyl (C=O) groups is 1. The summed E-state index contributed by atoms with van der Waals surface area (Å²) < 4.78 is 23.7. The Morgan fingerprint density at radius 3 is 2.29 bits per heavy atom. The quantitative estimate of drug-likeness (QED) is 0.736. The summed E-state index contributed by atoms with van der Waals surface area (Å²) in [5.74, 6) is -0.332. The zero-order valence-corrected chi connectivity index (χ0v) is 16.2. The summed E-state index contributed by atoms with van der Waals surface area (Å²) in [7, 11) is -3.25. The molecule has 0 aliphatic heterocycles. The molecule has 2 N–H and O–H groups in total. The van der Waals surface area contributed by atoms with Crippen LogP contribution in [0.25, 0.3) is 0 Å². The number of sulfone groups is 1. The maximum atomic E-state index is 12.2. The van der Waals surface area contributed by atoms with Crippen molar-refractivity contribution >= 4 is 54.7 Å². The number of anilines is 1. The number of amides is 1. The molecule has 24 heavy (non-hydrogen) atoms. The van der Waals surface area contributed by atoms with E-state index in [2.05, 4.69) is 26.6 Å². The van der Waals surface area contributed by atoms with E-state index >= 15 is 0 Å². The van der Waals surface area contributed by atoms with Gasteiger partial charge in [0.1, 0.15) is 0 Å². The summed E-state index contributed by atoms with van der Waals surface area (Å²) in [6, 6.07) is 11.4. The van der Waals surface area contributed by atoms with E-state index in [1.54, 1.807) is 24.3 Å². The Kier molecular flexibility index (Phi) is 5.74. The first-order valence-electron chi connectivity index (χ1n) is 6.85. The molecule has 2 aromatic carbocycles. The fourth-order valence-corrected chi connectivity index (χ4v) is 3.08. The molecule has 5 nitrogen and oxygen atoms in total. The SMILES string of the molecule is Cc1ccc(C(=O)NC(=S)Nc2ccc(S(C)(=O)=O)cc2)cc1Br. The second kappa shape index (κ2) is 7.42. The van der Waals surface area contributed by atoms with Gasteiger partial charge in [-0.05, 0) is 61.1 Å².